The van der Waals surface area contributed by atoms with Crippen LogP contribution in [0.15, 0.2) is 30.9 Å². The van der Waals surface area contributed by atoms with Crippen LogP contribution in [-0.4, -0.2) is 47.7 Å². The lowest BCUT2D eigenvalue weighted by Gasteiger charge is -2.17. The number of nitrogens with zero attached hydrogens (tertiary/aromatic N) is 7. The fourth-order valence-corrected chi connectivity index (χ4v) is 3.34. The minimum Gasteiger partial charge on any atom is -0.377 e. The number of urea groups is 1. The van der Waals surface area contributed by atoms with Gasteiger partial charge in [0.1, 0.15) is 11.3 Å². The van der Waals surface area contributed by atoms with Crippen LogP contribution < -0.4 is 10.6 Å². The van der Waals surface area contributed by atoms with Crippen molar-refractivity contribution in [2.24, 2.45) is 0 Å². The van der Waals surface area contributed by atoms with E-state index in [9.17, 15) is 26.7 Å². The second kappa shape index (κ2) is 9.44. The SMILES string of the molecule is COC(C)c1c(NC(=O)Nc2cnc(-n3ncc(C(F)F)n3)c(C(F)(F)F)c2)cnn2cc(C)nc12. The van der Waals surface area contributed by atoms with Gasteiger partial charge in [-0.2, -0.15) is 23.4 Å². The molecule has 16 heteroatoms. The monoisotopic (exact) mass is 511 g/mol. The minimum absolute atomic E-state index is 0.223. The molecule has 0 saturated carbocycles. The van der Waals surface area contributed by atoms with Crippen LogP contribution in [0.4, 0.5) is 38.1 Å². The van der Waals surface area contributed by atoms with Gasteiger partial charge in [-0.25, -0.2) is 28.1 Å². The number of halogens is 5. The predicted molar refractivity (Wildman–Crippen MR) is 115 cm³/mol. The van der Waals surface area contributed by atoms with E-state index in [0.29, 0.717) is 34.0 Å². The molecule has 190 valence electrons. The Morgan fingerprint density at radius 3 is 2.53 bits per heavy atom. The Morgan fingerprint density at radius 2 is 1.89 bits per heavy atom. The van der Waals surface area contributed by atoms with E-state index in [0.717, 1.165) is 6.20 Å². The van der Waals surface area contributed by atoms with Gasteiger partial charge in [0, 0.05) is 7.11 Å². The van der Waals surface area contributed by atoms with E-state index >= 15 is 0 Å². The number of hydrogen-bond donors (Lipinski definition) is 2. The standard InChI is InChI=1S/C20H18F5N9O2/c1-9-8-33-18(29-9)15(10(2)36-3)13(6-27-33)31-19(35)30-11-4-12(20(23,24)25)17(26-5-11)34-28-7-14(32-34)16(21)22/h4-8,10,16H,1-3H3,(H2,30,31,35). The predicted octanol–water partition coefficient (Wildman–Crippen LogP) is 4.32. The second-order valence-corrected chi connectivity index (χ2v) is 7.53. The van der Waals surface area contributed by atoms with Crippen LogP contribution in [0.5, 0.6) is 0 Å². The van der Waals surface area contributed by atoms with Gasteiger partial charge in [0.05, 0.1) is 53.5 Å². The highest BCUT2D eigenvalue weighted by atomic mass is 19.4. The number of carbonyl (C=O) groups is 1. The number of amides is 2. The summed E-state index contributed by atoms with van der Waals surface area (Å²) in [6, 6.07) is -0.306. The number of alkyl halides is 5. The summed E-state index contributed by atoms with van der Waals surface area (Å²) in [5.41, 5.74) is -0.656. The summed E-state index contributed by atoms with van der Waals surface area (Å²) in [6.07, 6.45) is -3.91. The number of carbonyl (C=O) groups excluding carboxylic acids is 1. The molecule has 4 rings (SSSR count). The van der Waals surface area contributed by atoms with E-state index in [1.165, 1.54) is 17.8 Å². The number of imidazole rings is 1. The molecule has 1 unspecified atom stereocenters. The molecule has 2 N–H and O–H groups in total. The summed E-state index contributed by atoms with van der Waals surface area (Å²) in [6.45, 7) is 3.49. The summed E-state index contributed by atoms with van der Waals surface area (Å²) in [7, 11) is 1.46. The highest BCUT2D eigenvalue weighted by molar-refractivity contribution is 6.00. The number of aromatic nitrogens is 7. The summed E-state index contributed by atoms with van der Waals surface area (Å²) in [4.78, 5) is 21.0. The molecule has 2 amide bonds. The molecule has 0 aliphatic carbocycles. The van der Waals surface area contributed by atoms with E-state index in [2.05, 4.69) is 35.9 Å². The molecule has 0 bridgehead atoms. The van der Waals surface area contributed by atoms with Crippen LogP contribution in [0, 0.1) is 6.92 Å². The third-order valence-corrected chi connectivity index (χ3v) is 5.01. The van der Waals surface area contributed by atoms with Gasteiger partial charge in [-0.1, -0.05) is 0 Å². The van der Waals surface area contributed by atoms with Crippen LogP contribution >= 0.6 is 0 Å². The smallest absolute Gasteiger partial charge is 0.377 e. The van der Waals surface area contributed by atoms with Crippen LogP contribution in [0.3, 0.4) is 0 Å². The van der Waals surface area contributed by atoms with E-state index in [4.69, 9.17) is 4.74 Å². The zero-order valence-electron chi connectivity index (χ0n) is 18.9. The second-order valence-electron chi connectivity index (χ2n) is 7.53. The molecule has 0 spiro atoms. The summed E-state index contributed by atoms with van der Waals surface area (Å²) in [5.74, 6) is -0.833. The molecule has 4 heterocycles. The van der Waals surface area contributed by atoms with E-state index in [-0.39, 0.29) is 11.4 Å². The molecule has 36 heavy (non-hydrogen) atoms. The highest BCUT2D eigenvalue weighted by Crippen LogP contribution is 2.34. The summed E-state index contributed by atoms with van der Waals surface area (Å²) < 4.78 is 73.5. The molecule has 0 aliphatic rings. The fourth-order valence-electron chi connectivity index (χ4n) is 3.34. The van der Waals surface area contributed by atoms with E-state index < -0.39 is 41.8 Å². The van der Waals surface area contributed by atoms with Gasteiger partial charge < -0.3 is 15.4 Å². The fraction of sp³-hybridized carbons (Fsp3) is 0.300. The van der Waals surface area contributed by atoms with Crippen LogP contribution in [0.25, 0.3) is 11.5 Å². The maximum atomic E-state index is 13.7. The Labute approximate surface area is 199 Å². The minimum atomic E-state index is -4.95. The molecular formula is C20H18F5N9O2. The van der Waals surface area contributed by atoms with Crippen LogP contribution in [0.1, 0.15) is 42.0 Å². The first kappa shape index (κ1) is 24.9. The molecule has 0 aliphatic heterocycles. The molecule has 4 aromatic rings. The number of aryl methyl sites for hydroxylation is 1. The largest absolute Gasteiger partial charge is 0.420 e. The molecule has 1 atom stereocenters. The number of rotatable bonds is 6. The number of fused-ring (bicyclic) bond motifs is 1. The van der Waals surface area contributed by atoms with Crippen LogP contribution in [0.2, 0.25) is 0 Å². The normalized spacial score (nSPS) is 12.8. The van der Waals surface area contributed by atoms with Crippen molar-refractivity contribution in [3.05, 3.63) is 53.4 Å². The lowest BCUT2D eigenvalue weighted by atomic mass is 10.1. The van der Waals surface area contributed by atoms with Crippen molar-refractivity contribution in [2.45, 2.75) is 32.6 Å². The zero-order chi connectivity index (χ0) is 26.2. The molecular weight excluding hydrogens is 493 g/mol. The van der Waals surface area contributed by atoms with Crippen molar-refractivity contribution in [3.63, 3.8) is 0 Å². The van der Waals surface area contributed by atoms with Gasteiger partial charge in [-0.15, -0.1) is 9.90 Å². The third-order valence-electron chi connectivity index (χ3n) is 5.01. The van der Waals surface area contributed by atoms with Gasteiger partial charge in [0.15, 0.2) is 11.5 Å². The van der Waals surface area contributed by atoms with Gasteiger partial charge in [0.25, 0.3) is 6.43 Å². The Balaban J connectivity index is 1.63. The van der Waals surface area contributed by atoms with E-state index in [1.54, 1.807) is 20.0 Å². The van der Waals surface area contributed by atoms with Crippen molar-refractivity contribution < 1.29 is 31.5 Å². The van der Waals surface area contributed by atoms with Crippen molar-refractivity contribution in [3.8, 4) is 5.82 Å². The van der Waals surface area contributed by atoms with Crippen molar-refractivity contribution in [2.75, 3.05) is 17.7 Å². The quantitative estimate of drug-likeness (QED) is 0.370. The van der Waals surface area contributed by atoms with Crippen molar-refractivity contribution >= 4 is 23.1 Å². The lowest BCUT2D eigenvalue weighted by Crippen LogP contribution is -2.22. The van der Waals surface area contributed by atoms with Gasteiger partial charge in [-0.05, 0) is 19.9 Å². The lowest BCUT2D eigenvalue weighted by molar-refractivity contribution is -0.137. The molecule has 0 radical (unpaired) electrons. The molecule has 0 aromatic carbocycles. The van der Waals surface area contributed by atoms with Gasteiger partial charge >= 0.3 is 12.2 Å². The number of anilines is 2. The first-order valence-electron chi connectivity index (χ1n) is 10.2. The Kier molecular flexibility index (Phi) is 6.53. The Hall–Kier alpha value is -4.21. The maximum Gasteiger partial charge on any atom is 0.420 e. The first-order valence-corrected chi connectivity index (χ1v) is 10.2. The number of hydrogen-bond acceptors (Lipinski definition) is 7. The molecule has 0 fully saturated rings. The maximum absolute atomic E-state index is 13.7. The van der Waals surface area contributed by atoms with Gasteiger partial charge in [0.2, 0.25) is 0 Å². The average Bonchev–Trinajstić information content (AvgIpc) is 3.44. The topological polar surface area (TPSA) is 124 Å². The number of ether oxygens (including phenoxy) is 1. The number of methoxy groups -OCH3 is 1. The summed E-state index contributed by atoms with van der Waals surface area (Å²) in [5, 5.41) is 15.7. The van der Waals surface area contributed by atoms with E-state index in [1.807, 2.05) is 0 Å². The molecule has 0 saturated heterocycles. The van der Waals surface area contributed by atoms with Crippen molar-refractivity contribution in [1.82, 2.24) is 34.6 Å². The first-order chi connectivity index (χ1) is 17.0. The third kappa shape index (κ3) is 4.93. The van der Waals surface area contributed by atoms with Gasteiger partial charge in [-0.3, -0.25) is 0 Å². The highest BCUT2D eigenvalue weighted by Gasteiger charge is 2.36. The Bertz CT molecular complexity index is 1420. The molecule has 11 nitrogen and oxygen atoms in total. The van der Waals surface area contributed by atoms with Crippen molar-refractivity contribution in [1.29, 1.82) is 0 Å². The number of nitrogens with one attached hydrogen (secondary N) is 2. The average molecular weight is 511 g/mol. The van der Waals surface area contributed by atoms with Crippen LogP contribution in [-0.2, 0) is 10.9 Å². The number of pyridine rings is 1. The summed E-state index contributed by atoms with van der Waals surface area (Å²) >= 11 is 0. The molecule has 4 aromatic heterocycles. The zero-order valence-corrected chi connectivity index (χ0v) is 18.9. The Morgan fingerprint density at radius 1 is 1.14 bits per heavy atom.